The summed E-state index contributed by atoms with van der Waals surface area (Å²) < 4.78 is 11.4. The van der Waals surface area contributed by atoms with Gasteiger partial charge in [-0.25, -0.2) is 9.97 Å². The van der Waals surface area contributed by atoms with Crippen LogP contribution >= 0.6 is 0 Å². The van der Waals surface area contributed by atoms with Crippen LogP contribution in [0.2, 0.25) is 0 Å². The predicted molar refractivity (Wildman–Crippen MR) is 115 cm³/mol. The normalized spacial score (nSPS) is 17.0. The van der Waals surface area contributed by atoms with E-state index in [0.717, 1.165) is 61.3 Å². The molecule has 0 aliphatic carbocycles. The minimum absolute atomic E-state index is 0.0990. The number of anilines is 1. The van der Waals surface area contributed by atoms with Gasteiger partial charge in [0.1, 0.15) is 11.6 Å². The van der Waals surface area contributed by atoms with Gasteiger partial charge in [-0.2, -0.15) is 0 Å². The summed E-state index contributed by atoms with van der Waals surface area (Å²) in [4.78, 5) is 12.0. The molecule has 1 fully saturated rings. The topological polar surface area (TPSA) is 71.5 Å². The van der Waals surface area contributed by atoms with E-state index < -0.39 is 0 Å². The minimum atomic E-state index is 0.0990. The number of rotatable bonds is 9. The van der Waals surface area contributed by atoms with Crippen molar-refractivity contribution in [2.75, 3.05) is 33.1 Å². The summed E-state index contributed by atoms with van der Waals surface area (Å²) in [5.74, 6) is 3.32. The fourth-order valence-corrected chi connectivity index (χ4v) is 3.77. The molecule has 1 aliphatic heterocycles. The second-order valence-corrected chi connectivity index (χ2v) is 7.66. The standard InChI is InChI=1S/C22H33N5O2/c1-15(2)29-20-11-16(8-9-19(20)28-5)14-27-10-6-7-18(27)22-25-17(13-23-3)12-21(24-4)26-22/h8-9,11-12,15,18,23H,6-7,10,13-14H2,1-5H3,(H,24,25,26)/t18-/m1/s1. The van der Waals surface area contributed by atoms with E-state index in [-0.39, 0.29) is 12.1 Å². The SMILES string of the molecule is CNCc1cc(NC)nc([C@H]2CCCN2Cc2ccc(OC)c(OC(C)C)c2)n1. The maximum absolute atomic E-state index is 5.94. The lowest BCUT2D eigenvalue weighted by molar-refractivity contribution is 0.225. The molecule has 1 aromatic heterocycles. The largest absolute Gasteiger partial charge is 0.493 e. The van der Waals surface area contributed by atoms with E-state index in [4.69, 9.17) is 19.4 Å². The van der Waals surface area contributed by atoms with Crippen molar-refractivity contribution in [3.63, 3.8) is 0 Å². The molecule has 2 aromatic rings. The molecule has 7 nitrogen and oxygen atoms in total. The van der Waals surface area contributed by atoms with Crippen LogP contribution in [0.3, 0.4) is 0 Å². The summed E-state index contributed by atoms with van der Waals surface area (Å²) in [5.41, 5.74) is 2.21. The van der Waals surface area contributed by atoms with Gasteiger partial charge in [0.15, 0.2) is 11.5 Å². The Morgan fingerprint density at radius 1 is 1.17 bits per heavy atom. The molecule has 0 saturated carbocycles. The highest BCUT2D eigenvalue weighted by Crippen LogP contribution is 2.34. The molecular formula is C22H33N5O2. The first-order chi connectivity index (χ1) is 14.0. The molecule has 29 heavy (non-hydrogen) atoms. The van der Waals surface area contributed by atoms with Gasteiger partial charge in [0.2, 0.25) is 0 Å². The monoisotopic (exact) mass is 399 g/mol. The molecule has 0 bridgehead atoms. The third-order valence-electron chi connectivity index (χ3n) is 5.05. The van der Waals surface area contributed by atoms with Crippen molar-refractivity contribution < 1.29 is 9.47 Å². The van der Waals surface area contributed by atoms with Crippen LogP contribution < -0.4 is 20.1 Å². The van der Waals surface area contributed by atoms with Crippen molar-refractivity contribution in [3.8, 4) is 11.5 Å². The van der Waals surface area contributed by atoms with Crippen molar-refractivity contribution in [3.05, 3.63) is 41.3 Å². The Balaban J connectivity index is 1.82. The molecule has 3 rings (SSSR count). The first-order valence-electron chi connectivity index (χ1n) is 10.3. The maximum Gasteiger partial charge on any atom is 0.161 e. The second-order valence-electron chi connectivity index (χ2n) is 7.66. The van der Waals surface area contributed by atoms with Gasteiger partial charge in [0.25, 0.3) is 0 Å². The molecule has 1 aromatic carbocycles. The van der Waals surface area contributed by atoms with Gasteiger partial charge in [-0.05, 0) is 58.0 Å². The van der Waals surface area contributed by atoms with Crippen LogP contribution in [-0.2, 0) is 13.1 Å². The molecule has 1 aliphatic rings. The van der Waals surface area contributed by atoms with E-state index in [9.17, 15) is 0 Å². The third kappa shape index (κ3) is 5.36. The van der Waals surface area contributed by atoms with Gasteiger partial charge in [-0.1, -0.05) is 6.07 Å². The Morgan fingerprint density at radius 2 is 2.00 bits per heavy atom. The fourth-order valence-electron chi connectivity index (χ4n) is 3.77. The zero-order valence-corrected chi connectivity index (χ0v) is 18.2. The predicted octanol–water partition coefficient (Wildman–Crippen LogP) is 3.37. The summed E-state index contributed by atoms with van der Waals surface area (Å²) >= 11 is 0. The fraction of sp³-hybridized carbons (Fsp3) is 0.545. The lowest BCUT2D eigenvalue weighted by atomic mass is 10.1. The Morgan fingerprint density at radius 3 is 2.69 bits per heavy atom. The van der Waals surface area contributed by atoms with Crippen LogP contribution in [-0.4, -0.2) is 48.7 Å². The Kier molecular flexibility index (Phi) is 7.28. The van der Waals surface area contributed by atoms with Gasteiger partial charge in [-0.3, -0.25) is 4.90 Å². The molecule has 2 N–H and O–H groups in total. The molecular weight excluding hydrogens is 366 g/mol. The lowest BCUT2D eigenvalue weighted by Gasteiger charge is -2.24. The molecule has 0 radical (unpaired) electrons. The van der Waals surface area contributed by atoms with Crippen LogP contribution in [0.15, 0.2) is 24.3 Å². The highest BCUT2D eigenvalue weighted by atomic mass is 16.5. The highest BCUT2D eigenvalue weighted by molar-refractivity contribution is 5.43. The summed E-state index contributed by atoms with van der Waals surface area (Å²) in [6, 6.07) is 8.40. The van der Waals surface area contributed by atoms with E-state index in [1.165, 1.54) is 5.56 Å². The zero-order chi connectivity index (χ0) is 20.8. The molecule has 158 valence electrons. The summed E-state index contributed by atoms with van der Waals surface area (Å²) in [6.07, 6.45) is 2.31. The Hall–Kier alpha value is -2.38. The molecule has 0 spiro atoms. The molecule has 1 atom stereocenters. The number of nitrogens with zero attached hydrogens (tertiary/aromatic N) is 3. The van der Waals surface area contributed by atoms with E-state index >= 15 is 0 Å². The Bertz CT molecular complexity index is 812. The number of methoxy groups -OCH3 is 1. The van der Waals surface area contributed by atoms with E-state index in [1.807, 2.05) is 40.1 Å². The number of benzene rings is 1. The van der Waals surface area contributed by atoms with Crippen LogP contribution in [0.5, 0.6) is 11.5 Å². The summed E-state index contributed by atoms with van der Waals surface area (Å²) in [5, 5.41) is 6.34. The van der Waals surface area contributed by atoms with Crippen LogP contribution in [0, 0.1) is 0 Å². The quantitative estimate of drug-likeness (QED) is 0.670. The van der Waals surface area contributed by atoms with Crippen molar-refractivity contribution in [1.82, 2.24) is 20.2 Å². The number of nitrogens with one attached hydrogen (secondary N) is 2. The van der Waals surface area contributed by atoms with Crippen molar-refractivity contribution >= 4 is 5.82 Å². The van der Waals surface area contributed by atoms with Gasteiger partial charge in [0, 0.05) is 26.2 Å². The van der Waals surface area contributed by atoms with Crippen molar-refractivity contribution in [2.24, 2.45) is 0 Å². The first kappa shape index (κ1) is 21.3. The average Bonchev–Trinajstić information content (AvgIpc) is 3.16. The Labute approximate surface area is 173 Å². The number of hydrogen-bond acceptors (Lipinski definition) is 7. The zero-order valence-electron chi connectivity index (χ0n) is 18.2. The van der Waals surface area contributed by atoms with Crippen LogP contribution in [0.4, 0.5) is 5.82 Å². The first-order valence-corrected chi connectivity index (χ1v) is 10.3. The minimum Gasteiger partial charge on any atom is -0.493 e. The summed E-state index contributed by atoms with van der Waals surface area (Å²) in [6.45, 7) is 6.64. The van der Waals surface area contributed by atoms with Crippen LogP contribution in [0.1, 0.15) is 49.8 Å². The van der Waals surface area contributed by atoms with Gasteiger partial charge >= 0.3 is 0 Å². The third-order valence-corrected chi connectivity index (χ3v) is 5.05. The van der Waals surface area contributed by atoms with E-state index in [1.54, 1.807) is 7.11 Å². The maximum atomic E-state index is 5.94. The molecule has 1 saturated heterocycles. The lowest BCUT2D eigenvalue weighted by Crippen LogP contribution is -2.25. The number of ether oxygens (including phenoxy) is 2. The van der Waals surface area contributed by atoms with Crippen LogP contribution in [0.25, 0.3) is 0 Å². The molecule has 2 heterocycles. The number of likely N-dealkylation sites (tertiary alicyclic amines) is 1. The van der Waals surface area contributed by atoms with Gasteiger partial charge < -0.3 is 20.1 Å². The van der Waals surface area contributed by atoms with Crippen molar-refractivity contribution in [1.29, 1.82) is 0 Å². The van der Waals surface area contributed by atoms with Gasteiger partial charge in [0.05, 0.1) is 24.9 Å². The van der Waals surface area contributed by atoms with Crippen molar-refractivity contribution in [2.45, 2.75) is 51.9 Å². The smallest absolute Gasteiger partial charge is 0.161 e. The number of aromatic nitrogens is 2. The highest BCUT2D eigenvalue weighted by Gasteiger charge is 2.29. The molecule has 0 amide bonds. The van der Waals surface area contributed by atoms with Gasteiger partial charge in [-0.15, -0.1) is 0 Å². The summed E-state index contributed by atoms with van der Waals surface area (Å²) in [7, 11) is 5.51. The van der Waals surface area contributed by atoms with E-state index in [0.29, 0.717) is 0 Å². The number of hydrogen-bond donors (Lipinski definition) is 2. The van der Waals surface area contributed by atoms with E-state index in [2.05, 4.69) is 27.7 Å². The molecule has 0 unspecified atom stereocenters. The second kappa shape index (κ2) is 9.89. The average molecular weight is 400 g/mol. The molecule has 7 heteroatoms.